The molecule has 0 saturated carbocycles. The topological polar surface area (TPSA) is 118 Å². The summed E-state index contributed by atoms with van der Waals surface area (Å²) in [5, 5.41) is 11.2. The second-order valence-electron chi connectivity index (χ2n) is 8.64. The maximum atomic E-state index is 12.6. The van der Waals surface area contributed by atoms with Gasteiger partial charge in [0.05, 0.1) is 16.9 Å². The number of pyridine rings is 2. The van der Waals surface area contributed by atoms with E-state index in [2.05, 4.69) is 41.7 Å². The summed E-state index contributed by atoms with van der Waals surface area (Å²) in [7, 11) is 1.78. The first-order chi connectivity index (χ1) is 18.0. The Morgan fingerprint density at radius 2 is 1.84 bits per heavy atom. The molecule has 0 saturated heterocycles. The first-order valence-corrected chi connectivity index (χ1v) is 11.6. The van der Waals surface area contributed by atoms with Crippen LogP contribution in [0.25, 0.3) is 39.2 Å². The van der Waals surface area contributed by atoms with E-state index in [1.54, 1.807) is 36.6 Å². The number of aromatic nitrogens is 7. The van der Waals surface area contributed by atoms with E-state index in [9.17, 15) is 4.79 Å². The van der Waals surface area contributed by atoms with Crippen molar-refractivity contribution in [3.63, 3.8) is 0 Å². The van der Waals surface area contributed by atoms with Gasteiger partial charge in [-0.25, -0.2) is 14.8 Å². The number of urea groups is 1. The second kappa shape index (κ2) is 9.08. The summed E-state index contributed by atoms with van der Waals surface area (Å²) in [6.07, 6.45) is 8.93. The van der Waals surface area contributed by atoms with Crippen molar-refractivity contribution in [1.82, 2.24) is 34.3 Å². The van der Waals surface area contributed by atoms with Crippen molar-refractivity contribution >= 4 is 28.4 Å². The van der Waals surface area contributed by atoms with Crippen LogP contribution < -0.4 is 10.6 Å². The van der Waals surface area contributed by atoms with Crippen molar-refractivity contribution in [1.29, 1.82) is 0 Å². The molecule has 0 fully saturated rings. The van der Waals surface area contributed by atoms with Crippen LogP contribution in [0.15, 0.2) is 85.7 Å². The maximum Gasteiger partial charge on any atom is 0.324 e. The number of hydrogen-bond acceptors (Lipinski definition) is 5. The van der Waals surface area contributed by atoms with Gasteiger partial charge in [0.25, 0.3) is 0 Å². The van der Waals surface area contributed by atoms with Gasteiger partial charge < -0.3 is 10.3 Å². The number of benzene rings is 1. The number of carbonyl (C=O) groups is 1. The largest absolute Gasteiger partial charge is 0.354 e. The van der Waals surface area contributed by atoms with Gasteiger partial charge in [-0.3, -0.25) is 19.5 Å². The Morgan fingerprint density at radius 1 is 0.973 bits per heavy atom. The highest BCUT2D eigenvalue weighted by Crippen LogP contribution is 2.28. The molecule has 0 radical (unpaired) electrons. The van der Waals surface area contributed by atoms with Gasteiger partial charge in [0, 0.05) is 60.2 Å². The summed E-state index contributed by atoms with van der Waals surface area (Å²) in [6.45, 7) is 1.95. The summed E-state index contributed by atoms with van der Waals surface area (Å²) in [6, 6.07) is 16.9. The molecule has 0 aliphatic heterocycles. The number of carbonyl (C=O) groups excluding carboxylic acids is 1. The SMILES string of the molecule is Cc1cn(-c2nccc3[nH]c(-c4ccc(NC(=O)Nc5cc(-c6cccnc6)nn5C)cc4)cc23)cn1. The Labute approximate surface area is 212 Å². The third-order valence-electron chi connectivity index (χ3n) is 6.02. The minimum absolute atomic E-state index is 0.356. The van der Waals surface area contributed by atoms with Gasteiger partial charge in [-0.2, -0.15) is 5.10 Å². The van der Waals surface area contributed by atoms with Crippen LogP contribution in [-0.2, 0) is 7.05 Å². The van der Waals surface area contributed by atoms with E-state index in [0.717, 1.165) is 44.9 Å². The van der Waals surface area contributed by atoms with Crippen LogP contribution in [0.1, 0.15) is 5.69 Å². The molecular formula is C27H23N9O. The van der Waals surface area contributed by atoms with Crippen molar-refractivity contribution in [2.45, 2.75) is 6.92 Å². The molecular weight excluding hydrogens is 466 g/mol. The van der Waals surface area contributed by atoms with Gasteiger partial charge in [-0.15, -0.1) is 0 Å². The third kappa shape index (κ3) is 4.43. The quantitative estimate of drug-likeness (QED) is 0.309. The summed E-state index contributed by atoms with van der Waals surface area (Å²) in [4.78, 5) is 29.1. The monoisotopic (exact) mass is 489 g/mol. The molecule has 5 aromatic heterocycles. The number of fused-ring (bicyclic) bond motifs is 1. The van der Waals surface area contributed by atoms with Gasteiger partial charge in [0.1, 0.15) is 18.0 Å². The molecule has 182 valence electrons. The van der Waals surface area contributed by atoms with E-state index in [-0.39, 0.29) is 6.03 Å². The highest BCUT2D eigenvalue weighted by atomic mass is 16.2. The minimum atomic E-state index is -0.356. The molecule has 6 rings (SSSR count). The fraction of sp³-hybridized carbons (Fsp3) is 0.0741. The molecule has 0 aliphatic carbocycles. The number of rotatable bonds is 5. The van der Waals surface area contributed by atoms with Crippen LogP contribution in [0.4, 0.5) is 16.3 Å². The Kier molecular flexibility index (Phi) is 5.45. The van der Waals surface area contributed by atoms with E-state index < -0.39 is 0 Å². The smallest absolute Gasteiger partial charge is 0.324 e. The molecule has 0 aliphatic rings. The van der Waals surface area contributed by atoms with E-state index >= 15 is 0 Å². The van der Waals surface area contributed by atoms with Crippen molar-refractivity contribution in [3.05, 3.63) is 91.4 Å². The number of aryl methyl sites for hydroxylation is 2. The molecule has 0 bridgehead atoms. The van der Waals surface area contributed by atoms with Crippen molar-refractivity contribution in [2.75, 3.05) is 10.6 Å². The zero-order valence-electron chi connectivity index (χ0n) is 20.2. The Balaban J connectivity index is 1.17. The predicted octanol–water partition coefficient (Wildman–Crippen LogP) is 5.16. The number of nitrogens with zero attached hydrogens (tertiary/aromatic N) is 6. The molecule has 0 spiro atoms. The summed E-state index contributed by atoms with van der Waals surface area (Å²) in [5.74, 6) is 1.39. The van der Waals surface area contributed by atoms with E-state index in [4.69, 9.17) is 0 Å². The minimum Gasteiger partial charge on any atom is -0.354 e. The number of anilines is 2. The first-order valence-electron chi connectivity index (χ1n) is 11.6. The van der Waals surface area contributed by atoms with Crippen LogP contribution in [-0.4, -0.2) is 40.3 Å². The third-order valence-corrected chi connectivity index (χ3v) is 6.02. The molecule has 1 aromatic carbocycles. The Hall–Kier alpha value is -5.25. The Bertz CT molecular complexity index is 1710. The van der Waals surface area contributed by atoms with E-state index in [1.807, 2.05) is 66.2 Å². The molecule has 37 heavy (non-hydrogen) atoms. The number of H-pyrrole nitrogens is 1. The molecule has 2 amide bonds. The summed E-state index contributed by atoms with van der Waals surface area (Å²) < 4.78 is 3.54. The Morgan fingerprint density at radius 3 is 2.59 bits per heavy atom. The number of nitrogens with one attached hydrogen (secondary N) is 3. The lowest BCUT2D eigenvalue weighted by Gasteiger charge is -2.08. The molecule has 6 aromatic rings. The normalized spacial score (nSPS) is 11.1. The standard InChI is InChI=1S/C27H23N9O/c1-17-15-36(16-30-17)26-21-12-23(32-22(21)9-11-29-26)18-5-7-20(8-6-18)31-27(37)33-25-13-24(34-35(25)2)19-4-3-10-28-14-19/h3-16,32H,1-2H3,(H2,31,33,37). The average molecular weight is 490 g/mol. The zero-order chi connectivity index (χ0) is 25.4. The second-order valence-corrected chi connectivity index (χ2v) is 8.64. The molecule has 3 N–H and O–H groups in total. The van der Waals surface area contributed by atoms with Gasteiger partial charge in [0.2, 0.25) is 0 Å². The predicted molar refractivity (Wildman–Crippen MR) is 142 cm³/mol. The van der Waals surface area contributed by atoms with Crippen LogP contribution in [0.3, 0.4) is 0 Å². The lowest BCUT2D eigenvalue weighted by atomic mass is 10.1. The van der Waals surface area contributed by atoms with Gasteiger partial charge in [-0.1, -0.05) is 12.1 Å². The molecule has 10 nitrogen and oxygen atoms in total. The van der Waals surface area contributed by atoms with Crippen molar-refractivity contribution in [2.24, 2.45) is 7.05 Å². The first kappa shape index (κ1) is 22.2. The van der Waals surface area contributed by atoms with Crippen LogP contribution in [0, 0.1) is 6.92 Å². The maximum absolute atomic E-state index is 12.6. The van der Waals surface area contributed by atoms with Crippen LogP contribution in [0.2, 0.25) is 0 Å². The van der Waals surface area contributed by atoms with E-state index in [1.165, 1.54) is 0 Å². The van der Waals surface area contributed by atoms with Gasteiger partial charge in [0.15, 0.2) is 0 Å². The fourth-order valence-corrected chi connectivity index (χ4v) is 4.19. The number of aromatic amines is 1. The highest BCUT2D eigenvalue weighted by molar-refractivity contribution is 5.99. The van der Waals surface area contributed by atoms with Crippen molar-refractivity contribution < 1.29 is 4.79 Å². The van der Waals surface area contributed by atoms with Crippen LogP contribution in [0.5, 0.6) is 0 Å². The van der Waals surface area contributed by atoms with Gasteiger partial charge >= 0.3 is 6.03 Å². The molecule has 0 atom stereocenters. The lowest BCUT2D eigenvalue weighted by molar-refractivity contribution is 0.262. The number of amides is 2. The summed E-state index contributed by atoms with van der Waals surface area (Å²) in [5.41, 5.74) is 6.13. The fourth-order valence-electron chi connectivity index (χ4n) is 4.19. The zero-order valence-corrected chi connectivity index (χ0v) is 20.2. The van der Waals surface area contributed by atoms with Gasteiger partial charge in [-0.05, 0) is 48.9 Å². The number of hydrogen-bond donors (Lipinski definition) is 3. The molecule has 5 heterocycles. The van der Waals surface area contributed by atoms with E-state index in [0.29, 0.717) is 11.5 Å². The highest BCUT2D eigenvalue weighted by Gasteiger charge is 2.12. The molecule has 0 unspecified atom stereocenters. The number of imidazole rings is 1. The average Bonchev–Trinajstić information content (AvgIpc) is 3.63. The van der Waals surface area contributed by atoms with Crippen molar-refractivity contribution in [3.8, 4) is 28.3 Å². The summed E-state index contributed by atoms with van der Waals surface area (Å²) >= 11 is 0. The lowest BCUT2D eigenvalue weighted by Crippen LogP contribution is -2.20. The molecule has 10 heteroatoms. The van der Waals surface area contributed by atoms with Crippen LogP contribution >= 0.6 is 0 Å².